The summed E-state index contributed by atoms with van der Waals surface area (Å²) in [5, 5.41) is 2.74. The molecule has 1 aromatic heterocycles. The molecule has 144 valence electrons. The second-order valence-corrected chi connectivity index (χ2v) is 6.63. The highest BCUT2D eigenvalue weighted by Gasteiger charge is 2.11. The van der Waals surface area contributed by atoms with Gasteiger partial charge in [-0.05, 0) is 29.7 Å². The zero-order chi connectivity index (χ0) is 19.9. The number of aryl methyl sites for hydroxylation is 1. The Morgan fingerprint density at radius 1 is 0.929 bits per heavy atom. The largest absolute Gasteiger partial charge is 0.331 e. The van der Waals surface area contributed by atoms with E-state index in [2.05, 4.69) is 12.2 Å². The van der Waals surface area contributed by atoms with E-state index in [0.717, 1.165) is 23.0 Å². The van der Waals surface area contributed by atoms with E-state index in [1.165, 1.54) is 22.4 Å². The zero-order valence-electron chi connectivity index (χ0n) is 15.8. The maximum absolute atomic E-state index is 12.6. The molecule has 3 rings (SSSR count). The number of nitrogens with one attached hydrogen (secondary N) is 1. The SMILES string of the molecule is CCCc1ccc(NC(=O)Cn2c(=O)ccn(Cc3ccccc3)c2=O)cc1. The lowest BCUT2D eigenvalue weighted by atomic mass is 10.1. The number of nitrogens with zero attached hydrogens (tertiary/aromatic N) is 2. The Morgan fingerprint density at radius 2 is 1.64 bits per heavy atom. The summed E-state index contributed by atoms with van der Waals surface area (Å²) in [5.41, 5.74) is 1.76. The highest BCUT2D eigenvalue weighted by atomic mass is 16.2. The van der Waals surface area contributed by atoms with E-state index in [9.17, 15) is 14.4 Å². The first-order valence-corrected chi connectivity index (χ1v) is 9.30. The third-order valence-electron chi connectivity index (χ3n) is 4.41. The summed E-state index contributed by atoms with van der Waals surface area (Å²) < 4.78 is 2.37. The summed E-state index contributed by atoms with van der Waals surface area (Å²) in [4.78, 5) is 37.1. The third-order valence-corrected chi connectivity index (χ3v) is 4.41. The van der Waals surface area contributed by atoms with Crippen molar-refractivity contribution in [3.05, 3.63) is 98.8 Å². The number of anilines is 1. The summed E-state index contributed by atoms with van der Waals surface area (Å²) in [5.74, 6) is -0.417. The molecule has 1 heterocycles. The van der Waals surface area contributed by atoms with E-state index < -0.39 is 17.2 Å². The number of carbonyl (C=O) groups is 1. The normalized spacial score (nSPS) is 10.6. The van der Waals surface area contributed by atoms with Crippen LogP contribution in [0, 0.1) is 0 Å². The fourth-order valence-corrected chi connectivity index (χ4v) is 2.99. The second-order valence-electron chi connectivity index (χ2n) is 6.63. The quantitative estimate of drug-likeness (QED) is 0.688. The zero-order valence-corrected chi connectivity index (χ0v) is 15.8. The van der Waals surface area contributed by atoms with Crippen LogP contribution in [-0.2, 0) is 24.3 Å². The average molecular weight is 377 g/mol. The van der Waals surface area contributed by atoms with Crippen molar-refractivity contribution in [3.63, 3.8) is 0 Å². The maximum Gasteiger partial charge on any atom is 0.331 e. The van der Waals surface area contributed by atoms with Gasteiger partial charge in [-0.15, -0.1) is 0 Å². The molecule has 0 bridgehead atoms. The Morgan fingerprint density at radius 3 is 2.32 bits per heavy atom. The minimum absolute atomic E-state index is 0.329. The molecule has 1 N–H and O–H groups in total. The first-order valence-electron chi connectivity index (χ1n) is 9.30. The molecule has 2 aromatic carbocycles. The van der Waals surface area contributed by atoms with E-state index in [1.54, 1.807) is 0 Å². The van der Waals surface area contributed by atoms with Crippen molar-refractivity contribution >= 4 is 11.6 Å². The van der Waals surface area contributed by atoms with Gasteiger partial charge in [0.15, 0.2) is 0 Å². The molecule has 0 aliphatic carbocycles. The van der Waals surface area contributed by atoms with Crippen LogP contribution in [0.1, 0.15) is 24.5 Å². The molecule has 0 spiro atoms. The lowest BCUT2D eigenvalue weighted by Gasteiger charge is -2.11. The van der Waals surface area contributed by atoms with Crippen molar-refractivity contribution in [3.8, 4) is 0 Å². The number of amides is 1. The maximum atomic E-state index is 12.6. The topological polar surface area (TPSA) is 73.1 Å². The number of hydrogen-bond donors (Lipinski definition) is 1. The van der Waals surface area contributed by atoms with Gasteiger partial charge in [0.2, 0.25) is 5.91 Å². The van der Waals surface area contributed by atoms with Crippen LogP contribution >= 0.6 is 0 Å². The summed E-state index contributed by atoms with van der Waals surface area (Å²) in [6.07, 6.45) is 3.49. The average Bonchev–Trinajstić information content (AvgIpc) is 2.70. The van der Waals surface area contributed by atoms with E-state index in [4.69, 9.17) is 0 Å². The van der Waals surface area contributed by atoms with E-state index in [0.29, 0.717) is 12.2 Å². The Kier molecular flexibility index (Phi) is 6.22. The number of benzene rings is 2. The van der Waals surface area contributed by atoms with Crippen molar-refractivity contribution < 1.29 is 4.79 Å². The van der Waals surface area contributed by atoms with Crippen LogP contribution in [0.5, 0.6) is 0 Å². The Labute approximate surface area is 163 Å². The van der Waals surface area contributed by atoms with Crippen LogP contribution in [-0.4, -0.2) is 15.0 Å². The van der Waals surface area contributed by atoms with Crippen LogP contribution in [0.4, 0.5) is 5.69 Å². The highest BCUT2D eigenvalue weighted by molar-refractivity contribution is 5.90. The fourth-order valence-electron chi connectivity index (χ4n) is 2.99. The van der Waals surface area contributed by atoms with Gasteiger partial charge in [-0.3, -0.25) is 18.7 Å². The summed E-state index contributed by atoms with van der Waals surface area (Å²) >= 11 is 0. The number of hydrogen-bond acceptors (Lipinski definition) is 3. The molecule has 1 amide bonds. The van der Waals surface area contributed by atoms with Gasteiger partial charge in [0.25, 0.3) is 5.56 Å². The first-order chi connectivity index (χ1) is 13.6. The number of aromatic nitrogens is 2. The molecule has 0 aliphatic rings. The van der Waals surface area contributed by atoms with E-state index >= 15 is 0 Å². The molecule has 28 heavy (non-hydrogen) atoms. The molecule has 0 atom stereocenters. The molecular weight excluding hydrogens is 354 g/mol. The smallest absolute Gasteiger partial charge is 0.325 e. The van der Waals surface area contributed by atoms with Crippen LogP contribution in [0.3, 0.4) is 0 Å². The monoisotopic (exact) mass is 377 g/mol. The number of rotatable bonds is 7. The Bertz CT molecular complexity index is 1050. The van der Waals surface area contributed by atoms with Gasteiger partial charge in [-0.2, -0.15) is 0 Å². The summed E-state index contributed by atoms with van der Waals surface area (Å²) in [6, 6.07) is 18.3. The summed E-state index contributed by atoms with van der Waals surface area (Å²) in [6.45, 7) is 2.11. The molecule has 0 fully saturated rings. The van der Waals surface area contributed by atoms with Crippen molar-refractivity contribution in [2.75, 3.05) is 5.32 Å². The van der Waals surface area contributed by atoms with Gasteiger partial charge in [0, 0.05) is 18.0 Å². The molecule has 3 aromatic rings. The predicted octanol–water partition coefficient (Wildman–Crippen LogP) is 2.65. The number of carbonyl (C=O) groups excluding carboxylic acids is 1. The molecular formula is C22H23N3O3. The van der Waals surface area contributed by atoms with Crippen LogP contribution in [0.15, 0.2) is 76.4 Å². The molecule has 0 unspecified atom stereocenters. The molecule has 6 heteroatoms. The minimum Gasteiger partial charge on any atom is -0.325 e. The van der Waals surface area contributed by atoms with Gasteiger partial charge in [-0.25, -0.2) is 4.79 Å². The lowest BCUT2D eigenvalue weighted by molar-refractivity contribution is -0.116. The van der Waals surface area contributed by atoms with Gasteiger partial charge < -0.3 is 5.32 Å². The van der Waals surface area contributed by atoms with Crippen LogP contribution < -0.4 is 16.6 Å². The first kappa shape index (κ1) is 19.4. The van der Waals surface area contributed by atoms with Gasteiger partial charge in [0.05, 0.1) is 6.54 Å². The lowest BCUT2D eigenvalue weighted by Crippen LogP contribution is -2.41. The Hall–Kier alpha value is -3.41. The van der Waals surface area contributed by atoms with E-state index in [1.807, 2.05) is 54.6 Å². The minimum atomic E-state index is -0.509. The molecule has 0 saturated heterocycles. The van der Waals surface area contributed by atoms with Gasteiger partial charge >= 0.3 is 5.69 Å². The van der Waals surface area contributed by atoms with Gasteiger partial charge in [-0.1, -0.05) is 55.8 Å². The van der Waals surface area contributed by atoms with Crippen molar-refractivity contribution in [1.82, 2.24) is 9.13 Å². The summed E-state index contributed by atoms with van der Waals surface area (Å²) in [7, 11) is 0. The van der Waals surface area contributed by atoms with Crippen molar-refractivity contribution in [1.29, 1.82) is 0 Å². The van der Waals surface area contributed by atoms with Crippen molar-refractivity contribution in [2.45, 2.75) is 32.9 Å². The second kappa shape index (κ2) is 8.99. The third kappa shape index (κ3) is 4.85. The van der Waals surface area contributed by atoms with E-state index in [-0.39, 0.29) is 6.54 Å². The Balaban J connectivity index is 1.74. The molecule has 0 aliphatic heterocycles. The molecule has 6 nitrogen and oxygen atoms in total. The van der Waals surface area contributed by atoms with Crippen LogP contribution in [0.25, 0.3) is 0 Å². The van der Waals surface area contributed by atoms with Crippen LogP contribution in [0.2, 0.25) is 0 Å². The fraction of sp³-hybridized carbons (Fsp3) is 0.227. The molecule has 0 radical (unpaired) electrons. The van der Waals surface area contributed by atoms with Crippen molar-refractivity contribution in [2.24, 2.45) is 0 Å². The van der Waals surface area contributed by atoms with Gasteiger partial charge in [0.1, 0.15) is 6.54 Å². The predicted molar refractivity (Wildman–Crippen MR) is 110 cm³/mol. The standard InChI is InChI=1S/C22H23N3O3/c1-2-6-17-9-11-19(12-10-17)23-20(26)16-25-21(27)13-14-24(22(25)28)15-18-7-4-3-5-8-18/h3-5,7-14H,2,6,15-16H2,1H3,(H,23,26). The molecule has 0 saturated carbocycles. The highest BCUT2D eigenvalue weighted by Crippen LogP contribution is 2.11.